The van der Waals surface area contributed by atoms with Gasteiger partial charge in [0.05, 0.1) is 7.11 Å². The Morgan fingerprint density at radius 1 is 1.20 bits per heavy atom. The highest BCUT2D eigenvalue weighted by molar-refractivity contribution is 5.88. The number of nitrogens with zero attached hydrogens (tertiary/aromatic N) is 1. The van der Waals surface area contributed by atoms with E-state index in [-0.39, 0.29) is 6.54 Å². The SMILES string of the molecule is COc1cccc(NC(=O)NCc2cc(C(OC)OC)ccc2F)n1. The number of amides is 2. The van der Waals surface area contributed by atoms with E-state index < -0.39 is 18.1 Å². The van der Waals surface area contributed by atoms with Gasteiger partial charge in [0.15, 0.2) is 6.29 Å². The van der Waals surface area contributed by atoms with Crippen LogP contribution in [0.5, 0.6) is 5.88 Å². The normalized spacial score (nSPS) is 10.6. The number of aromatic nitrogens is 1. The number of hydrogen-bond donors (Lipinski definition) is 2. The van der Waals surface area contributed by atoms with Gasteiger partial charge in [0, 0.05) is 38.0 Å². The molecule has 0 aliphatic heterocycles. The quantitative estimate of drug-likeness (QED) is 0.751. The van der Waals surface area contributed by atoms with Crippen molar-refractivity contribution in [2.45, 2.75) is 12.8 Å². The fourth-order valence-electron chi connectivity index (χ4n) is 2.18. The minimum Gasteiger partial charge on any atom is -0.481 e. The Labute approximate surface area is 145 Å². The van der Waals surface area contributed by atoms with Crippen LogP contribution in [0, 0.1) is 5.82 Å². The average Bonchev–Trinajstić information content (AvgIpc) is 2.63. The number of methoxy groups -OCH3 is 3. The number of pyridine rings is 1. The Morgan fingerprint density at radius 3 is 2.64 bits per heavy atom. The maximum atomic E-state index is 13.9. The van der Waals surface area contributed by atoms with Gasteiger partial charge in [0.1, 0.15) is 11.6 Å². The van der Waals surface area contributed by atoms with Gasteiger partial charge in [-0.2, -0.15) is 4.98 Å². The monoisotopic (exact) mass is 349 g/mol. The Morgan fingerprint density at radius 2 is 1.96 bits per heavy atom. The van der Waals surface area contributed by atoms with Gasteiger partial charge >= 0.3 is 6.03 Å². The molecule has 0 fully saturated rings. The molecule has 0 spiro atoms. The first-order valence-electron chi connectivity index (χ1n) is 7.47. The Hall–Kier alpha value is -2.71. The third-order valence-electron chi connectivity index (χ3n) is 3.38. The van der Waals surface area contributed by atoms with E-state index in [1.54, 1.807) is 30.3 Å². The second kappa shape index (κ2) is 8.95. The van der Waals surface area contributed by atoms with E-state index in [9.17, 15) is 9.18 Å². The summed E-state index contributed by atoms with van der Waals surface area (Å²) in [6.07, 6.45) is -0.603. The molecule has 0 atom stereocenters. The molecular weight excluding hydrogens is 329 g/mol. The first-order chi connectivity index (χ1) is 12.1. The van der Waals surface area contributed by atoms with Crippen molar-refractivity contribution in [1.82, 2.24) is 10.3 Å². The van der Waals surface area contributed by atoms with E-state index in [2.05, 4.69) is 15.6 Å². The third kappa shape index (κ3) is 5.13. The van der Waals surface area contributed by atoms with E-state index in [1.165, 1.54) is 27.4 Å². The highest BCUT2D eigenvalue weighted by atomic mass is 19.1. The Bertz CT molecular complexity index is 723. The zero-order chi connectivity index (χ0) is 18.2. The second-order valence-corrected chi connectivity index (χ2v) is 5.03. The maximum Gasteiger partial charge on any atom is 0.320 e. The van der Waals surface area contributed by atoms with Crippen LogP contribution in [0.2, 0.25) is 0 Å². The van der Waals surface area contributed by atoms with Crippen LogP contribution in [-0.4, -0.2) is 32.3 Å². The molecule has 0 saturated carbocycles. The number of carbonyl (C=O) groups is 1. The number of nitrogens with one attached hydrogen (secondary N) is 2. The van der Waals surface area contributed by atoms with Gasteiger partial charge in [-0.25, -0.2) is 9.18 Å². The molecule has 2 amide bonds. The van der Waals surface area contributed by atoms with Crippen molar-refractivity contribution in [3.8, 4) is 5.88 Å². The zero-order valence-electron chi connectivity index (χ0n) is 14.2. The fourth-order valence-corrected chi connectivity index (χ4v) is 2.18. The molecule has 0 aliphatic carbocycles. The lowest BCUT2D eigenvalue weighted by Crippen LogP contribution is -2.29. The summed E-state index contributed by atoms with van der Waals surface area (Å²) in [5.74, 6) is 0.265. The molecule has 1 heterocycles. The first kappa shape index (κ1) is 18.6. The lowest BCUT2D eigenvalue weighted by molar-refractivity contribution is -0.106. The van der Waals surface area contributed by atoms with Crippen LogP contribution in [-0.2, 0) is 16.0 Å². The fraction of sp³-hybridized carbons (Fsp3) is 0.294. The summed E-state index contributed by atoms with van der Waals surface area (Å²) in [5.41, 5.74) is 0.962. The molecule has 1 aromatic heterocycles. The lowest BCUT2D eigenvalue weighted by Gasteiger charge is -2.15. The molecule has 0 saturated heterocycles. The van der Waals surface area contributed by atoms with Crippen LogP contribution in [0.4, 0.5) is 15.0 Å². The summed E-state index contributed by atoms with van der Waals surface area (Å²) < 4.78 is 29.2. The van der Waals surface area contributed by atoms with Crippen LogP contribution in [0.25, 0.3) is 0 Å². The van der Waals surface area contributed by atoms with Crippen molar-refractivity contribution >= 4 is 11.8 Å². The summed E-state index contributed by atoms with van der Waals surface area (Å²) in [4.78, 5) is 16.0. The van der Waals surface area contributed by atoms with Crippen LogP contribution in [0.1, 0.15) is 17.4 Å². The molecular formula is C17H20FN3O4. The van der Waals surface area contributed by atoms with Crippen LogP contribution in [0.15, 0.2) is 36.4 Å². The molecule has 0 radical (unpaired) electrons. The zero-order valence-corrected chi connectivity index (χ0v) is 14.2. The number of anilines is 1. The Kier molecular flexibility index (Phi) is 6.67. The van der Waals surface area contributed by atoms with Gasteiger partial charge in [0.2, 0.25) is 5.88 Å². The molecule has 8 heteroatoms. The van der Waals surface area contributed by atoms with Gasteiger partial charge in [-0.05, 0) is 18.2 Å². The number of halogens is 1. The summed E-state index contributed by atoms with van der Waals surface area (Å²) >= 11 is 0. The third-order valence-corrected chi connectivity index (χ3v) is 3.38. The van der Waals surface area contributed by atoms with Crippen LogP contribution in [0.3, 0.4) is 0 Å². The predicted molar refractivity (Wildman–Crippen MR) is 89.8 cm³/mol. The predicted octanol–water partition coefficient (Wildman–Crippen LogP) is 2.84. The number of rotatable bonds is 7. The minimum atomic E-state index is -0.603. The number of ether oxygens (including phenoxy) is 3. The first-order valence-corrected chi connectivity index (χ1v) is 7.47. The van der Waals surface area contributed by atoms with Gasteiger partial charge in [0.25, 0.3) is 0 Å². The van der Waals surface area contributed by atoms with Crippen LogP contribution >= 0.6 is 0 Å². The maximum absolute atomic E-state index is 13.9. The van der Waals surface area contributed by atoms with E-state index >= 15 is 0 Å². The largest absolute Gasteiger partial charge is 0.481 e. The van der Waals surface area contributed by atoms with Crippen molar-refractivity contribution in [3.05, 3.63) is 53.3 Å². The highest BCUT2D eigenvalue weighted by Crippen LogP contribution is 2.20. The van der Waals surface area contributed by atoms with Gasteiger partial charge < -0.3 is 19.5 Å². The highest BCUT2D eigenvalue weighted by Gasteiger charge is 2.13. The van der Waals surface area contributed by atoms with Crippen molar-refractivity contribution in [2.75, 3.05) is 26.6 Å². The number of carbonyl (C=O) groups excluding carboxylic acids is 1. The molecule has 0 aliphatic rings. The van der Waals surface area contributed by atoms with E-state index in [0.29, 0.717) is 22.8 Å². The average molecular weight is 349 g/mol. The van der Waals surface area contributed by atoms with E-state index in [4.69, 9.17) is 14.2 Å². The molecule has 2 rings (SSSR count). The minimum absolute atomic E-state index is 0.00434. The van der Waals surface area contributed by atoms with Crippen LogP contribution < -0.4 is 15.4 Å². The molecule has 7 nitrogen and oxygen atoms in total. The number of hydrogen-bond acceptors (Lipinski definition) is 5. The molecule has 0 bridgehead atoms. The molecule has 2 N–H and O–H groups in total. The summed E-state index contributed by atoms with van der Waals surface area (Å²) in [6.45, 7) is -0.00434. The smallest absolute Gasteiger partial charge is 0.320 e. The standard InChI is InChI=1S/C17H20FN3O4/c1-23-15-6-4-5-14(20-15)21-17(22)19-10-12-9-11(7-8-13(12)18)16(24-2)25-3/h4-9,16H,10H2,1-3H3,(H2,19,20,21,22). The molecule has 134 valence electrons. The van der Waals surface area contributed by atoms with E-state index in [0.717, 1.165) is 0 Å². The van der Waals surface area contributed by atoms with Gasteiger partial charge in [-0.1, -0.05) is 12.1 Å². The molecule has 2 aromatic rings. The van der Waals surface area contributed by atoms with Crippen molar-refractivity contribution in [1.29, 1.82) is 0 Å². The Balaban J connectivity index is 2.00. The lowest BCUT2D eigenvalue weighted by atomic mass is 10.1. The summed E-state index contributed by atoms with van der Waals surface area (Å²) in [7, 11) is 4.46. The van der Waals surface area contributed by atoms with Gasteiger partial charge in [-0.15, -0.1) is 0 Å². The second-order valence-electron chi connectivity index (χ2n) is 5.03. The molecule has 25 heavy (non-hydrogen) atoms. The topological polar surface area (TPSA) is 81.7 Å². The summed E-state index contributed by atoms with van der Waals surface area (Å²) in [6, 6.07) is 8.91. The van der Waals surface area contributed by atoms with Crippen molar-refractivity contribution < 1.29 is 23.4 Å². The van der Waals surface area contributed by atoms with Crippen molar-refractivity contribution in [2.24, 2.45) is 0 Å². The van der Waals surface area contributed by atoms with Crippen molar-refractivity contribution in [3.63, 3.8) is 0 Å². The van der Waals surface area contributed by atoms with Gasteiger partial charge in [-0.3, -0.25) is 5.32 Å². The molecule has 0 unspecified atom stereocenters. The number of urea groups is 1. The molecule has 1 aromatic carbocycles. The van der Waals surface area contributed by atoms with E-state index in [1.807, 2.05) is 0 Å². The number of benzene rings is 1. The summed E-state index contributed by atoms with van der Waals surface area (Å²) in [5, 5.41) is 5.13.